The minimum atomic E-state index is 0.473. The molecule has 0 saturated heterocycles. The smallest absolute Gasteiger partial charge is 0.225 e. The molecule has 0 N–H and O–H groups in total. The maximum Gasteiger partial charge on any atom is 0.225 e. The van der Waals surface area contributed by atoms with E-state index in [1.165, 1.54) is 0 Å². The molecule has 0 spiro atoms. The molecule has 3 aromatic carbocycles. The molecule has 0 amide bonds. The topological polar surface area (TPSA) is 40.0 Å². The van der Waals surface area contributed by atoms with Crippen LogP contribution in [0, 0.1) is 0 Å². The molecule has 0 unspecified atom stereocenters. The number of hydrogen-bond acceptors (Lipinski definition) is 4. The minimum Gasteiger partial charge on any atom is -0.497 e. The molecule has 4 nitrogen and oxygen atoms in total. The molecule has 0 aliphatic heterocycles. The van der Waals surface area contributed by atoms with E-state index in [2.05, 4.69) is 4.99 Å². The van der Waals surface area contributed by atoms with Crippen molar-refractivity contribution in [2.45, 2.75) is 6.92 Å². The molecule has 0 bridgehead atoms. The van der Waals surface area contributed by atoms with Crippen LogP contribution in [0.5, 0.6) is 17.2 Å². The minimum absolute atomic E-state index is 0.473. The number of nitrogens with zero attached hydrogens (tertiary/aromatic N) is 1. The van der Waals surface area contributed by atoms with Crippen molar-refractivity contribution in [1.82, 2.24) is 0 Å². The molecule has 0 aliphatic carbocycles. The predicted molar refractivity (Wildman–Crippen MR) is 108 cm³/mol. The fourth-order valence-corrected chi connectivity index (χ4v) is 2.27. The van der Waals surface area contributed by atoms with E-state index in [1.54, 1.807) is 13.4 Å². The van der Waals surface area contributed by atoms with E-state index in [0.29, 0.717) is 17.4 Å². The first-order valence-electron chi connectivity index (χ1n) is 8.59. The van der Waals surface area contributed by atoms with Gasteiger partial charge in [0.2, 0.25) is 5.90 Å². The van der Waals surface area contributed by atoms with Crippen LogP contribution >= 0.6 is 0 Å². The van der Waals surface area contributed by atoms with Gasteiger partial charge < -0.3 is 14.2 Å². The van der Waals surface area contributed by atoms with Gasteiger partial charge in [-0.05, 0) is 55.5 Å². The zero-order valence-electron chi connectivity index (χ0n) is 15.3. The van der Waals surface area contributed by atoms with E-state index in [0.717, 1.165) is 17.0 Å². The molecule has 0 fully saturated rings. The Kier molecular flexibility index (Phi) is 6.26. The molecule has 27 heavy (non-hydrogen) atoms. The van der Waals surface area contributed by atoms with Crippen LogP contribution in [-0.2, 0) is 0 Å². The third kappa shape index (κ3) is 5.47. The number of benzene rings is 3. The summed E-state index contributed by atoms with van der Waals surface area (Å²) in [5.41, 5.74) is 1.57. The predicted octanol–water partition coefficient (Wildman–Crippen LogP) is 5.79. The van der Waals surface area contributed by atoms with Gasteiger partial charge in [0.25, 0.3) is 0 Å². The Bertz CT molecular complexity index is 901. The number of aliphatic imine (C=N–C) groups is 1. The average Bonchev–Trinajstić information content (AvgIpc) is 2.73. The molecule has 3 aromatic rings. The Hall–Kier alpha value is -3.53. The molecule has 0 heterocycles. The van der Waals surface area contributed by atoms with Crippen LogP contribution in [0.25, 0.3) is 0 Å². The molecule has 0 atom stereocenters. The number of methoxy groups -OCH3 is 1. The number of ether oxygens (including phenoxy) is 3. The highest BCUT2D eigenvalue weighted by atomic mass is 16.5. The van der Waals surface area contributed by atoms with Gasteiger partial charge >= 0.3 is 0 Å². The summed E-state index contributed by atoms with van der Waals surface area (Å²) in [5, 5.41) is 0. The van der Waals surface area contributed by atoms with Crippen LogP contribution < -0.4 is 14.2 Å². The van der Waals surface area contributed by atoms with Gasteiger partial charge in [-0.25, -0.2) is 4.99 Å². The molecule has 136 valence electrons. The first kappa shape index (κ1) is 18.3. The first-order valence-corrected chi connectivity index (χ1v) is 8.59. The lowest BCUT2D eigenvalue weighted by atomic mass is 10.3. The second-order valence-electron chi connectivity index (χ2n) is 5.76. The van der Waals surface area contributed by atoms with E-state index in [1.807, 2.05) is 91.9 Å². The third-order valence-corrected chi connectivity index (χ3v) is 3.71. The fourth-order valence-electron chi connectivity index (χ4n) is 2.27. The van der Waals surface area contributed by atoms with Gasteiger partial charge in [-0.3, -0.25) is 0 Å². The van der Waals surface area contributed by atoms with E-state index in [-0.39, 0.29) is 0 Å². The Morgan fingerprint density at radius 3 is 1.96 bits per heavy atom. The quantitative estimate of drug-likeness (QED) is 0.318. The fraction of sp³-hybridized carbons (Fsp3) is 0.0870. The second-order valence-corrected chi connectivity index (χ2v) is 5.76. The summed E-state index contributed by atoms with van der Waals surface area (Å²) in [6, 6.07) is 26.6. The van der Waals surface area contributed by atoms with Gasteiger partial charge in [0.15, 0.2) is 0 Å². The van der Waals surface area contributed by atoms with Crippen molar-refractivity contribution in [3.8, 4) is 17.2 Å². The molecule has 0 saturated carbocycles. The lowest BCUT2D eigenvalue weighted by Crippen LogP contribution is -2.10. The normalized spacial score (nSPS) is 11.8. The van der Waals surface area contributed by atoms with Gasteiger partial charge in [-0.2, -0.15) is 0 Å². The summed E-state index contributed by atoms with van der Waals surface area (Å²) in [6.07, 6.45) is 1.63. The molecule has 4 heteroatoms. The second kappa shape index (κ2) is 9.25. The van der Waals surface area contributed by atoms with Crippen LogP contribution in [-0.4, -0.2) is 13.0 Å². The van der Waals surface area contributed by atoms with Crippen molar-refractivity contribution in [2.75, 3.05) is 7.11 Å². The summed E-state index contributed by atoms with van der Waals surface area (Å²) in [5.74, 6) is 2.67. The van der Waals surface area contributed by atoms with E-state index in [4.69, 9.17) is 14.2 Å². The maximum atomic E-state index is 5.99. The third-order valence-electron chi connectivity index (χ3n) is 3.71. The molecule has 3 rings (SSSR count). The Balaban J connectivity index is 1.82. The molecule has 0 aromatic heterocycles. The standard InChI is InChI=1S/C23H21NO3/c1-18(17-26-21-15-13-20(25-2)14-16-21)23(24-19-9-5-3-6-10-19)27-22-11-7-4-8-12-22/h3-17H,1-2H3/b18-17+,24-23?. The Morgan fingerprint density at radius 1 is 0.741 bits per heavy atom. The van der Waals surface area contributed by atoms with Crippen LogP contribution in [0.4, 0.5) is 5.69 Å². The summed E-state index contributed by atoms with van der Waals surface area (Å²) in [7, 11) is 1.63. The summed E-state index contributed by atoms with van der Waals surface area (Å²) >= 11 is 0. The Labute approximate surface area is 159 Å². The van der Waals surface area contributed by atoms with Crippen molar-refractivity contribution in [1.29, 1.82) is 0 Å². The van der Waals surface area contributed by atoms with Gasteiger partial charge in [0.05, 0.1) is 19.1 Å². The monoisotopic (exact) mass is 359 g/mol. The Morgan fingerprint density at radius 2 is 1.33 bits per heavy atom. The van der Waals surface area contributed by atoms with Gasteiger partial charge in [-0.15, -0.1) is 0 Å². The highest BCUT2D eigenvalue weighted by Crippen LogP contribution is 2.20. The lowest BCUT2D eigenvalue weighted by molar-refractivity contribution is 0.412. The van der Waals surface area contributed by atoms with E-state index >= 15 is 0 Å². The van der Waals surface area contributed by atoms with Crippen molar-refractivity contribution < 1.29 is 14.2 Å². The highest BCUT2D eigenvalue weighted by Gasteiger charge is 2.07. The summed E-state index contributed by atoms with van der Waals surface area (Å²) in [4.78, 5) is 4.62. The summed E-state index contributed by atoms with van der Waals surface area (Å²) < 4.78 is 16.9. The lowest BCUT2D eigenvalue weighted by Gasteiger charge is -2.10. The van der Waals surface area contributed by atoms with Gasteiger partial charge in [0.1, 0.15) is 17.2 Å². The number of rotatable bonds is 6. The number of para-hydroxylation sites is 2. The van der Waals surface area contributed by atoms with Crippen LogP contribution in [0.3, 0.4) is 0 Å². The molecule has 0 aliphatic rings. The molecular formula is C23H21NO3. The average molecular weight is 359 g/mol. The summed E-state index contributed by atoms with van der Waals surface area (Å²) in [6.45, 7) is 1.90. The van der Waals surface area contributed by atoms with Crippen molar-refractivity contribution in [3.05, 3.63) is 96.8 Å². The first-order chi connectivity index (χ1) is 13.2. The van der Waals surface area contributed by atoms with E-state index < -0.39 is 0 Å². The highest BCUT2D eigenvalue weighted by molar-refractivity contribution is 5.96. The zero-order chi connectivity index (χ0) is 18.9. The maximum absolute atomic E-state index is 5.99. The van der Waals surface area contributed by atoms with Crippen molar-refractivity contribution in [3.63, 3.8) is 0 Å². The number of hydrogen-bond donors (Lipinski definition) is 0. The SMILES string of the molecule is COc1ccc(O/C=C(\C)C(=Nc2ccccc2)Oc2ccccc2)cc1. The van der Waals surface area contributed by atoms with Gasteiger partial charge in [0, 0.05) is 5.57 Å². The van der Waals surface area contributed by atoms with E-state index in [9.17, 15) is 0 Å². The van der Waals surface area contributed by atoms with Crippen molar-refractivity contribution in [2.24, 2.45) is 4.99 Å². The van der Waals surface area contributed by atoms with Crippen LogP contribution in [0.2, 0.25) is 0 Å². The van der Waals surface area contributed by atoms with Crippen LogP contribution in [0.1, 0.15) is 6.92 Å². The molecular weight excluding hydrogens is 338 g/mol. The van der Waals surface area contributed by atoms with Crippen molar-refractivity contribution >= 4 is 11.6 Å². The zero-order valence-corrected chi connectivity index (χ0v) is 15.3. The largest absolute Gasteiger partial charge is 0.497 e. The van der Waals surface area contributed by atoms with Gasteiger partial charge in [-0.1, -0.05) is 36.4 Å². The molecule has 0 radical (unpaired) electrons. The van der Waals surface area contributed by atoms with Crippen LogP contribution in [0.15, 0.2) is 102 Å².